The molecular weight excluding hydrogens is 1960 g/mol. The molecule has 732 valence electrons. The van der Waals surface area contributed by atoms with Crippen molar-refractivity contribution in [2.45, 2.75) is 154 Å². The van der Waals surface area contributed by atoms with E-state index in [1.165, 1.54) is 66.7 Å². The van der Waals surface area contributed by atoms with Crippen molar-refractivity contribution in [1.82, 2.24) is 112 Å². The van der Waals surface area contributed by atoms with Crippen LogP contribution >= 0.6 is 46.9 Å². The number of imidazole rings is 5. The van der Waals surface area contributed by atoms with Crippen LogP contribution < -0.4 is 50.7 Å². The average Bonchev–Trinajstić information content (AvgIpc) is 1.58. The normalized spacial score (nSPS) is 37.5. The standard InChI is InChI=1S/C21H25FN10O11P2.C21H26N10O13P2.C21H25N9O13P2/c1-21(22)13-10(41-19(21)32-7-27-11-14(23)25-5-26-15(11)32)4-39-44(34,35)42-9-2-8(3-38-45(36,37)43-13)40-18(9)31-6-28-12-16(31)29-20(24)30-17(12)33;1-23-15-9-16(25-4-24-15)30(5-26-9)19-12(33)13-8(42-19)3-40-46(37,38)44-14-11(32)7(2-39-45(35,36)43-13)41-20(14)31-6-27-10-17(31)28-21(22)29-18(10)34;22-15-10-17(25-5-24-15)30(6-26-10)19-12(32)13-9(41-19)4-39-45(36,37)43-14-11(31)8(3-38-44(34,35)42-13)40-20(14)29-2-1-7-16(29)27-21(23)28-18(7)33/h5-10,13,18-19H,2-4H2,1H3,(H,34,35)(H,36,37)(H2,23,25,26)(H3,24,29,30,33);4-8,11-14,19-20,32-33H,2-3H2,1H3,(H,35,36)(H,37,38)(H,23,24,25)(H3,22,28,29,34);1-2,5-6,8-9,11-14,19-20,31-32H,3-4H2,(H,34,35)(H,36,37)(H2,22,24,25)(H3,23,27,28,33)/t8-,9+,10+,13+,18?,19?,21-;7-,8-,11-,12-,13-,14-,19-,20-;8?,9?,11-,12-,13-,14-,19-,20-/m011/s1. The van der Waals surface area contributed by atoms with E-state index in [1.807, 2.05) is 0 Å². The molecular formula is C63H76FN29O37P6. The fourth-order valence-corrected chi connectivity index (χ4v) is 22.2. The summed E-state index contributed by atoms with van der Waals surface area (Å²) in [5.41, 5.74) is 24.8. The third kappa shape index (κ3) is 18.0. The van der Waals surface area contributed by atoms with E-state index in [1.54, 1.807) is 7.05 Å². The van der Waals surface area contributed by atoms with E-state index in [2.05, 4.69) is 90.0 Å². The fraction of sp³-hybridized carbons (Fsp3) is 0.508. The average molecular weight is 2040 g/mol. The molecule has 0 saturated carbocycles. The van der Waals surface area contributed by atoms with Crippen LogP contribution in [-0.2, 0) is 110 Å². The molecule has 0 aliphatic carbocycles. The van der Waals surface area contributed by atoms with Crippen molar-refractivity contribution in [2.24, 2.45) is 0 Å². The van der Waals surface area contributed by atoms with E-state index in [9.17, 15) is 91.6 Å². The summed E-state index contributed by atoms with van der Waals surface area (Å²) < 4.78 is 201. The van der Waals surface area contributed by atoms with Gasteiger partial charge in [0.1, 0.15) is 127 Å². The quantitative estimate of drug-likeness (QED) is 0.0687. The third-order valence-electron chi connectivity index (χ3n) is 22.5. The number of nitrogen functional groups attached to an aromatic ring is 5. The number of aliphatic hydroxyl groups is 4. The summed E-state index contributed by atoms with van der Waals surface area (Å²) in [6.45, 7) is -3.67. The van der Waals surface area contributed by atoms with Crippen LogP contribution in [0.2, 0.25) is 0 Å². The predicted molar refractivity (Wildman–Crippen MR) is 440 cm³/mol. The summed E-state index contributed by atoms with van der Waals surface area (Å²) in [5, 5.41) is 47.3. The number of aromatic amines is 3. The molecule has 136 heavy (non-hydrogen) atoms. The van der Waals surface area contributed by atoms with Crippen molar-refractivity contribution in [2.75, 3.05) is 80.7 Å². The number of hydrogen-bond acceptors (Lipinski definition) is 51. The monoisotopic (exact) mass is 2040 g/mol. The zero-order chi connectivity index (χ0) is 96.3. The highest BCUT2D eigenvalue weighted by Gasteiger charge is 2.62. The number of phosphoric ester groups is 6. The van der Waals surface area contributed by atoms with Crippen LogP contribution in [0.15, 0.2) is 77.3 Å². The van der Waals surface area contributed by atoms with Crippen LogP contribution in [0.1, 0.15) is 50.7 Å². The number of H-pyrrole nitrogens is 3. The van der Waals surface area contributed by atoms with E-state index in [0.717, 1.165) is 30.5 Å². The lowest BCUT2D eigenvalue weighted by molar-refractivity contribution is -0.0674. The van der Waals surface area contributed by atoms with Crippen molar-refractivity contribution in [3.63, 3.8) is 0 Å². The SMILES string of the molecule is CNc1ncnc2c1ncn2[C@@H]1O[C@@H]2COP(=O)(O)O[C@@H]3[C@H](O)[C@@H](COP(=O)(O)O[C@H]2[C@H]1O)O[C@H]3n1cnc2c(=O)[nH]c(N)nc21.C[C@@]1(F)C(n2cnc3c(N)ncnc32)O[C@@H]2COP(=O)(O)O[C@@H]3C[C@@H](COP(=O)(O)O[C@H]21)OC3n1cnc2c(=O)[nH]c(N)nc21.Nc1nc2c(ccn2[C@@H]2OC3COP(=O)(O)O[C@@H]4C(COP(=O)(O)O[C@@H]2[C@@H]3O)O[C@@H](n2cnc3c(N)ncnc32)[C@@H]4O)c(=O)[nH]1. The van der Waals surface area contributed by atoms with Gasteiger partial charge in [-0.25, -0.2) is 86.6 Å². The lowest BCUT2D eigenvalue weighted by Crippen LogP contribution is -2.42. The number of hydrogen-bond donors (Lipinski definition) is 19. The first kappa shape index (κ1) is 94.7. The summed E-state index contributed by atoms with van der Waals surface area (Å²) in [5.74, 6) is -0.335. The van der Waals surface area contributed by atoms with Crippen LogP contribution in [0.5, 0.6) is 0 Å². The number of aromatic nitrogens is 23. The molecule has 9 fully saturated rings. The van der Waals surface area contributed by atoms with Gasteiger partial charge in [0.25, 0.3) is 16.7 Å². The molecule has 29 atom stereocenters. The summed E-state index contributed by atoms with van der Waals surface area (Å²) >= 11 is 0. The Labute approximate surface area is 751 Å². The number of nitrogens with two attached hydrogens (primary N) is 5. The molecule has 12 aromatic rings. The van der Waals surface area contributed by atoms with Gasteiger partial charge in [0, 0.05) is 19.7 Å². The van der Waals surface area contributed by atoms with E-state index in [-0.39, 0.29) is 97.2 Å². The number of nitrogens with zero attached hydrogens (tertiary/aromatic N) is 20. The molecule has 9 saturated heterocycles. The van der Waals surface area contributed by atoms with Crippen molar-refractivity contribution in [3.8, 4) is 0 Å². The number of halogens is 1. The van der Waals surface area contributed by atoms with E-state index in [4.69, 9.17) is 111 Å². The number of aliphatic hydroxyl groups excluding tert-OH is 4. The van der Waals surface area contributed by atoms with Crippen molar-refractivity contribution in [1.29, 1.82) is 0 Å². The number of alkyl halides is 1. The maximum Gasteiger partial charge on any atom is 0.472 e. The number of rotatable bonds is 7. The van der Waals surface area contributed by atoms with Gasteiger partial charge < -0.3 is 117 Å². The van der Waals surface area contributed by atoms with E-state index in [0.29, 0.717) is 11.3 Å². The summed E-state index contributed by atoms with van der Waals surface area (Å²) in [6, 6.07) is 1.36. The molecule has 21 rings (SSSR count). The van der Waals surface area contributed by atoms with Gasteiger partial charge in [0.15, 0.2) is 105 Å². The predicted octanol–water partition coefficient (Wildman–Crippen LogP) is -3.56. The van der Waals surface area contributed by atoms with Crippen molar-refractivity contribution >= 4 is 149 Å². The van der Waals surface area contributed by atoms with Gasteiger partial charge in [0.05, 0.1) is 82.8 Å². The molecule has 10 unspecified atom stereocenters. The molecule has 12 aromatic heterocycles. The van der Waals surface area contributed by atoms with Gasteiger partial charge in [0.2, 0.25) is 17.8 Å². The summed E-state index contributed by atoms with van der Waals surface area (Å²) in [6.07, 6.45) is -23.0. The molecule has 73 heteroatoms. The van der Waals surface area contributed by atoms with Gasteiger partial charge in [-0.15, -0.1) is 0 Å². The lowest BCUT2D eigenvalue weighted by atomic mass is 9.98. The topological polar surface area (TPSA) is 922 Å². The van der Waals surface area contributed by atoms with E-state index >= 15 is 4.39 Å². The van der Waals surface area contributed by atoms with Crippen molar-refractivity contribution < 1.29 is 164 Å². The van der Waals surface area contributed by atoms with Crippen LogP contribution in [0, 0.1) is 0 Å². The van der Waals surface area contributed by atoms with Crippen LogP contribution in [0.4, 0.5) is 39.7 Å². The molecule has 21 heterocycles. The summed E-state index contributed by atoms with van der Waals surface area (Å²) in [7, 11) is -28.7. The second-order valence-electron chi connectivity index (χ2n) is 31.2. The van der Waals surface area contributed by atoms with Gasteiger partial charge in [-0.3, -0.25) is 106 Å². The minimum Gasteiger partial charge on any atom is -0.387 e. The molecule has 9 aliphatic rings. The second-order valence-corrected chi connectivity index (χ2v) is 39.7. The Morgan fingerprint density at radius 3 is 1.29 bits per heavy atom. The number of anilines is 6. The molecule has 24 N–H and O–H groups in total. The Balaban J connectivity index is 0.000000131. The summed E-state index contributed by atoms with van der Waals surface area (Å²) in [4.78, 5) is 164. The number of fused-ring (bicyclic) bond motifs is 15. The Kier molecular flexibility index (Phi) is 24.8. The molecule has 9 aliphatic heterocycles. The second kappa shape index (κ2) is 35.6. The number of nitrogens with one attached hydrogen (secondary N) is 4. The lowest BCUT2D eigenvalue weighted by Gasteiger charge is -2.29. The molecule has 0 amide bonds. The molecule has 66 nitrogen and oxygen atoms in total. The first-order valence-corrected chi connectivity index (χ1v) is 48.7. The molecule has 0 spiro atoms. The van der Waals surface area contributed by atoms with E-state index < -0.39 is 244 Å². The largest absolute Gasteiger partial charge is 0.472 e. The number of phosphoric acid groups is 6. The first-order valence-electron chi connectivity index (χ1n) is 39.7. The van der Waals surface area contributed by atoms with Gasteiger partial charge in [-0.05, 0) is 13.0 Å². The molecule has 0 radical (unpaired) electrons. The highest BCUT2D eigenvalue weighted by atomic mass is 31.2. The molecule has 6 bridgehead atoms. The Hall–Kier alpha value is -10.2. The molecule has 0 aromatic carbocycles. The fourth-order valence-electron chi connectivity index (χ4n) is 16.5. The van der Waals surface area contributed by atoms with Crippen LogP contribution in [0.3, 0.4) is 0 Å². The first-order chi connectivity index (χ1) is 64.4. The Morgan fingerprint density at radius 2 is 0.779 bits per heavy atom. The van der Waals surface area contributed by atoms with Gasteiger partial charge >= 0.3 is 46.9 Å². The minimum atomic E-state index is -5.11. The Morgan fingerprint density at radius 1 is 0.397 bits per heavy atom. The Bertz CT molecular complexity index is 7150. The van der Waals surface area contributed by atoms with Crippen LogP contribution in [-0.4, -0.2) is 312 Å². The highest BCUT2D eigenvalue weighted by Crippen LogP contribution is 2.60. The van der Waals surface area contributed by atoms with Gasteiger partial charge in [-0.2, -0.15) is 15.0 Å². The van der Waals surface area contributed by atoms with Crippen molar-refractivity contribution in [3.05, 3.63) is 93.9 Å². The third-order valence-corrected chi connectivity index (χ3v) is 28.5. The number of ether oxygens (including phenoxy) is 6. The van der Waals surface area contributed by atoms with Gasteiger partial charge in [-0.1, -0.05) is 0 Å². The smallest absolute Gasteiger partial charge is 0.387 e. The highest BCUT2D eigenvalue weighted by molar-refractivity contribution is 7.48. The maximum atomic E-state index is 16.5. The maximum absolute atomic E-state index is 16.5. The zero-order valence-electron chi connectivity index (χ0n) is 68.8. The minimum absolute atomic E-state index is 0.0102. The zero-order valence-corrected chi connectivity index (χ0v) is 74.2. The van der Waals surface area contributed by atoms with Crippen LogP contribution in [0.25, 0.3) is 66.9 Å².